The van der Waals surface area contributed by atoms with E-state index in [1.165, 1.54) is 6.08 Å². The molecule has 0 amide bonds. The predicted molar refractivity (Wildman–Crippen MR) is 67.4 cm³/mol. The fourth-order valence-electron chi connectivity index (χ4n) is 1.08. The molecular weight excluding hydrogens is 336 g/mol. The maximum absolute atomic E-state index is 9.81. The standard InChI is InChI=1S/C11H6Br2N2O/c1-6-9(12)3-8(11(16)10(6)13)2-7(4-14)5-15/h2-3,16H,1H3. The molecule has 0 spiro atoms. The third-order valence-corrected chi connectivity index (χ3v) is 3.79. The first kappa shape index (κ1) is 12.8. The van der Waals surface area contributed by atoms with Gasteiger partial charge in [0.2, 0.25) is 0 Å². The second kappa shape index (κ2) is 5.16. The molecule has 0 atom stereocenters. The summed E-state index contributed by atoms with van der Waals surface area (Å²) in [5, 5.41) is 27.1. The number of rotatable bonds is 1. The van der Waals surface area contributed by atoms with Crippen LogP contribution in [0, 0.1) is 29.6 Å². The molecule has 5 heteroatoms. The maximum atomic E-state index is 9.81. The van der Waals surface area contributed by atoms with Crippen molar-refractivity contribution in [1.82, 2.24) is 0 Å². The molecule has 0 saturated carbocycles. The van der Waals surface area contributed by atoms with Crippen LogP contribution in [0.15, 0.2) is 20.6 Å². The Hall–Kier alpha value is -1.30. The zero-order chi connectivity index (χ0) is 12.3. The SMILES string of the molecule is Cc1c(Br)cc(C=C(C#N)C#N)c(O)c1Br. The molecule has 1 N–H and O–H groups in total. The van der Waals surface area contributed by atoms with Gasteiger partial charge in [0.1, 0.15) is 23.5 Å². The van der Waals surface area contributed by atoms with E-state index in [1.807, 2.05) is 6.92 Å². The highest BCUT2D eigenvalue weighted by molar-refractivity contribution is 9.11. The highest BCUT2D eigenvalue weighted by Crippen LogP contribution is 2.36. The number of benzene rings is 1. The van der Waals surface area contributed by atoms with Crippen LogP contribution in [0.2, 0.25) is 0 Å². The number of aromatic hydroxyl groups is 1. The van der Waals surface area contributed by atoms with Gasteiger partial charge in [-0.05, 0) is 40.6 Å². The minimum atomic E-state index is -0.0575. The van der Waals surface area contributed by atoms with Gasteiger partial charge in [0.05, 0.1) is 4.47 Å². The smallest absolute Gasteiger partial charge is 0.137 e. The van der Waals surface area contributed by atoms with Gasteiger partial charge in [-0.3, -0.25) is 0 Å². The summed E-state index contributed by atoms with van der Waals surface area (Å²) in [6, 6.07) is 5.14. The normalized spacial score (nSPS) is 9.06. The Morgan fingerprint density at radius 3 is 2.44 bits per heavy atom. The van der Waals surface area contributed by atoms with Crippen molar-refractivity contribution in [1.29, 1.82) is 10.5 Å². The summed E-state index contributed by atoms with van der Waals surface area (Å²) >= 11 is 6.57. The fourth-order valence-corrected chi connectivity index (χ4v) is 2.23. The van der Waals surface area contributed by atoms with Gasteiger partial charge in [0.25, 0.3) is 0 Å². The first-order chi connectivity index (χ1) is 7.51. The Bertz CT molecular complexity index is 535. The van der Waals surface area contributed by atoms with Crippen LogP contribution >= 0.6 is 31.9 Å². The second-order valence-electron chi connectivity index (χ2n) is 3.02. The molecule has 0 aliphatic carbocycles. The van der Waals surface area contributed by atoms with Crippen molar-refractivity contribution in [3.63, 3.8) is 0 Å². The van der Waals surface area contributed by atoms with E-state index in [0.717, 1.165) is 10.0 Å². The van der Waals surface area contributed by atoms with E-state index in [9.17, 15) is 5.11 Å². The number of hydrogen-bond donors (Lipinski definition) is 1. The summed E-state index contributed by atoms with van der Waals surface area (Å²) in [4.78, 5) is 0. The Balaban J connectivity index is 3.45. The molecule has 0 fully saturated rings. The van der Waals surface area contributed by atoms with Gasteiger partial charge in [-0.2, -0.15) is 10.5 Å². The van der Waals surface area contributed by atoms with Crippen LogP contribution in [0.25, 0.3) is 6.08 Å². The zero-order valence-corrected chi connectivity index (χ0v) is 11.4. The van der Waals surface area contributed by atoms with Crippen LogP contribution in [0.5, 0.6) is 5.75 Å². The molecule has 16 heavy (non-hydrogen) atoms. The Morgan fingerprint density at radius 2 is 1.94 bits per heavy atom. The molecule has 1 rings (SSSR count). The summed E-state index contributed by atoms with van der Waals surface area (Å²) in [5.74, 6) is 0.0173. The topological polar surface area (TPSA) is 67.8 Å². The minimum absolute atomic E-state index is 0.0173. The third kappa shape index (κ3) is 2.44. The van der Waals surface area contributed by atoms with E-state index in [2.05, 4.69) is 31.9 Å². The van der Waals surface area contributed by atoms with Crippen LogP contribution in [0.1, 0.15) is 11.1 Å². The number of allylic oxidation sites excluding steroid dienone is 1. The van der Waals surface area contributed by atoms with Gasteiger partial charge >= 0.3 is 0 Å². The molecule has 1 aromatic rings. The van der Waals surface area contributed by atoms with Gasteiger partial charge in [0.15, 0.2) is 0 Å². The molecule has 0 saturated heterocycles. The highest BCUT2D eigenvalue weighted by Gasteiger charge is 2.10. The van der Waals surface area contributed by atoms with Gasteiger partial charge < -0.3 is 5.11 Å². The van der Waals surface area contributed by atoms with Gasteiger partial charge in [-0.25, -0.2) is 0 Å². The molecule has 80 valence electrons. The number of phenolic OH excluding ortho intramolecular Hbond substituents is 1. The third-order valence-electron chi connectivity index (χ3n) is 1.99. The summed E-state index contributed by atoms with van der Waals surface area (Å²) in [6.45, 7) is 1.83. The van der Waals surface area contributed by atoms with E-state index < -0.39 is 0 Å². The van der Waals surface area contributed by atoms with Gasteiger partial charge in [-0.1, -0.05) is 15.9 Å². The summed E-state index contributed by atoms with van der Waals surface area (Å²) in [6.07, 6.45) is 1.34. The lowest BCUT2D eigenvalue weighted by atomic mass is 10.1. The van der Waals surface area contributed by atoms with Crippen LogP contribution in [0.3, 0.4) is 0 Å². The molecule has 3 nitrogen and oxygen atoms in total. The van der Waals surface area contributed by atoms with Crippen molar-refractivity contribution in [2.45, 2.75) is 6.92 Å². The molecular formula is C11H6Br2N2O. The first-order valence-corrected chi connectivity index (χ1v) is 5.79. The molecule has 0 radical (unpaired) electrons. The summed E-state index contributed by atoms with van der Waals surface area (Å²) < 4.78 is 1.34. The van der Waals surface area contributed by atoms with E-state index >= 15 is 0 Å². The van der Waals surface area contributed by atoms with E-state index in [1.54, 1.807) is 18.2 Å². The second-order valence-corrected chi connectivity index (χ2v) is 4.66. The lowest BCUT2D eigenvalue weighted by Gasteiger charge is -2.07. The Labute approximate surface area is 110 Å². The van der Waals surface area contributed by atoms with Crippen LogP contribution < -0.4 is 0 Å². The first-order valence-electron chi connectivity index (χ1n) is 4.20. The number of nitrogens with zero attached hydrogens (tertiary/aromatic N) is 2. The fraction of sp³-hybridized carbons (Fsp3) is 0.0909. The molecule has 0 aliphatic rings. The minimum Gasteiger partial charge on any atom is -0.506 e. The van der Waals surface area contributed by atoms with E-state index in [0.29, 0.717) is 10.0 Å². The van der Waals surface area contributed by atoms with Gasteiger partial charge in [-0.15, -0.1) is 0 Å². The molecule has 0 aliphatic heterocycles. The number of halogens is 2. The van der Waals surface area contributed by atoms with Crippen LogP contribution in [-0.4, -0.2) is 5.11 Å². The summed E-state index contributed by atoms with van der Waals surface area (Å²) in [5.41, 5.74) is 1.21. The number of nitriles is 2. The molecule has 0 unspecified atom stereocenters. The van der Waals surface area contributed by atoms with Crippen molar-refractivity contribution in [3.8, 4) is 17.9 Å². The van der Waals surface area contributed by atoms with Crippen LogP contribution in [-0.2, 0) is 0 Å². The molecule has 0 heterocycles. The maximum Gasteiger partial charge on any atom is 0.137 e. The van der Waals surface area contributed by atoms with Crippen LogP contribution in [0.4, 0.5) is 0 Å². The van der Waals surface area contributed by atoms with Crippen molar-refractivity contribution >= 4 is 37.9 Å². The molecule has 0 aromatic heterocycles. The van der Waals surface area contributed by atoms with Gasteiger partial charge in [0, 0.05) is 10.0 Å². The van der Waals surface area contributed by atoms with E-state index in [-0.39, 0.29) is 11.3 Å². The van der Waals surface area contributed by atoms with Crippen molar-refractivity contribution in [2.75, 3.05) is 0 Å². The largest absolute Gasteiger partial charge is 0.506 e. The Kier molecular flexibility index (Phi) is 4.12. The lowest BCUT2D eigenvalue weighted by Crippen LogP contribution is -1.85. The van der Waals surface area contributed by atoms with Crippen molar-refractivity contribution in [3.05, 3.63) is 31.7 Å². The summed E-state index contributed by atoms with van der Waals surface area (Å²) in [7, 11) is 0. The highest BCUT2D eigenvalue weighted by atomic mass is 79.9. The molecule has 0 bridgehead atoms. The average Bonchev–Trinajstić information content (AvgIpc) is 2.29. The zero-order valence-electron chi connectivity index (χ0n) is 8.25. The predicted octanol–water partition coefficient (Wildman–Crippen LogP) is 3.66. The van der Waals surface area contributed by atoms with Crippen molar-refractivity contribution in [2.24, 2.45) is 0 Å². The number of phenols is 1. The monoisotopic (exact) mass is 340 g/mol. The quantitative estimate of drug-likeness (QED) is 0.792. The average molecular weight is 342 g/mol. The molecule has 1 aromatic carbocycles. The van der Waals surface area contributed by atoms with Crippen molar-refractivity contribution < 1.29 is 5.11 Å². The Morgan fingerprint density at radius 1 is 1.38 bits per heavy atom. The van der Waals surface area contributed by atoms with E-state index in [4.69, 9.17) is 10.5 Å². The lowest BCUT2D eigenvalue weighted by molar-refractivity contribution is 0.470. The number of hydrogen-bond acceptors (Lipinski definition) is 3.